The summed E-state index contributed by atoms with van der Waals surface area (Å²) in [5, 5.41) is 2.16. The maximum atomic E-state index is 13.8. The number of hydrogen-bond acceptors (Lipinski definition) is 4. The fourth-order valence-electron chi connectivity index (χ4n) is 1.89. The van der Waals surface area contributed by atoms with Gasteiger partial charge in [0.1, 0.15) is 23.2 Å². The number of carbonyl (C=O) groups excluding carboxylic acids is 2. The van der Waals surface area contributed by atoms with Crippen LogP contribution in [0.25, 0.3) is 0 Å². The number of rotatable bonds is 5. The molecule has 0 aliphatic carbocycles. The molecule has 132 valence electrons. The molecule has 0 radical (unpaired) electrons. The van der Waals surface area contributed by atoms with Gasteiger partial charge in [-0.1, -0.05) is 0 Å². The zero-order valence-corrected chi connectivity index (χ0v) is 13.3. The second-order valence-corrected chi connectivity index (χ2v) is 5.01. The number of benzene rings is 2. The molecule has 8 heteroatoms. The molecule has 0 saturated heterocycles. The van der Waals surface area contributed by atoms with E-state index in [2.05, 4.69) is 5.32 Å². The zero-order valence-electron chi connectivity index (χ0n) is 13.3. The topological polar surface area (TPSA) is 64.6 Å². The third-order valence-corrected chi connectivity index (χ3v) is 3.24. The van der Waals surface area contributed by atoms with Crippen molar-refractivity contribution in [3.05, 3.63) is 59.4 Å². The van der Waals surface area contributed by atoms with Gasteiger partial charge >= 0.3 is 5.97 Å². The summed E-state index contributed by atoms with van der Waals surface area (Å²) in [7, 11) is 1.34. The minimum Gasteiger partial charge on any atom is -0.497 e. The molecule has 1 atom stereocenters. The molecule has 0 heterocycles. The van der Waals surface area contributed by atoms with Gasteiger partial charge in [-0.3, -0.25) is 4.79 Å². The number of hydrogen-bond donors (Lipinski definition) is 1. The van der Waals surface area contributed by atoms with Gasteiger partial charge in [-0.15, -0.1) is 0 Å². The SMILES string of the molecule is COc1ccc(C(=O)O[C@H](C)C(=O)Nc2ccc(F)cc2F)c(F)c1. The van der Waals surface area contributed by atoms with Crippen molar-refractivity contribution in [3.8, 4) is 5.75 Å². The van der Waals surface area contributed by atoms with Crippen molar-refractivity contribution >= 4 is 17.6 Å². The molecular weight excluding hydrogens is 339 g/mol. The Bertz CT molecular complexity index is 810. The van der Waals surface area contributed by atoms with Gasteiger partial charge in [0.25, 0.3) is 5.91 Å². The maximum Gasteiger partial charge on any atom is 0.341 e. The van der Waals surface area contributed by atoms with Crippen LogP contribution in [0.2, 0.25) is 0 Å². The zero-order chi connectivity index (χ0) is 18.6. The summed E-state index contributed by atoms with van der Waals surface area (Å²) in [6.45, 7) is 1.23. The fourth-order valence-corrected chi connectivity index (χ4v) is 1.89. The lowest BCUT2D eigenvalue weighted by atomic mass is 10.2. The van der Waals surface area contributed by atoms with E-state index in [4.69, 9.17) is 9.47 Å². The van der Waals surface area contributed by atoms with Crippen LogP contribution in [-0.4, -0.2) is 25.1 Å². The number of ether oxygens (including phenoxy) is 2. The van der Waals surface area contributed by atoms with Crippen LogP contribution in [-0.2, 0) is 9.53 Å². The molecule has 0 unspecified atom stereocenters. The van der Waals surface area contributed by atoms with E-state index in [-0.39, 0.29) is 17.0 Å². The average Bonchev–Trinajstić information content (AvgIpc) is 2.56. The molecular formula is C17H14F3NO4. The highest BCUT2D eigenvalue weighted by molar-refractivity contribution is 5.97. The fraction of sp³-hybridized carbons (Fsp3) is 0.176. The Balaban J connectivity index is 2.04. The first kappa shape index (κ1) is 18.3. The third-order valence-electron chi connectivity index (χ3n) is 3.24. The van der Waals surface area contributed by atoms with E-state index in [9.17, 15) is 22.8 Å². The van der Waals surface area contributed by atoms with Crippen LogP contribution in [0, 0.1) is 17.5 Å². The molecule has 0 bridgehead atoms. The Morgan fingerprint density at radius 2 is 1.76 bits per heavy atom. The number of halogens is 3. The Hall–Kier alpha value is -3.03. The Morgan fingerprint density at radius 3 is 2.36 bits per heavy atom. The van der Waals surface area contributed by atoms with Crippen LogP contribution >= 0.6 is 0 Å². The summed E-state index contributed by atoms with van der Waals surface area (Å²) in [5.74, 6) is -4.36. The average molecular weight is 353 g/mol. The van der Waals surface area contributed by atoms with Gasteiger partial charge in [0, 0.05) is 12.1 Å². The van der Waals surface area contributed by atoms with Crippen molar-refractivity contribution < 1.29 is 32.2 Å². The van der Waals surface area contributed by atoms with Gasteiger partial charge in [0.05, 0.1) is 18.4 Å². The summed E-state index contributed by atoms with van der Waals surface area (Å²) in [4.78, 5) is 23.9. The molecule has 5 nitrogen and oxygen atoms in total. The number of carbonyl (C=O) groups is 2. The van der Waals surface area contributed by atoms with E-state index in [1.165, 1.54) is 20.1 Å². The first-order valence-corrected chi connectivity index (χ1v) is 7.12. The molecule has 0 aromatic heterocycles. The minimum absolute atomic E-state index is 0.214. The Labute approximate surface area is 141 Å². The molecule has 25 heavy (non-hydrogen) atoms. The lowest BCUT2D eigenvalue weighted by Crippen LogP contribution is -2.30. The number of amides is 1. The van der Waals surface area contributed by atoms with Crippen molar-refractivity contribution in [3.63, 3.8) is 0 Å². The van der Waals surface area contributed by atoms with Crippen LogP contribution < -0.4 is 10.1 Å². The highest BCUT2D eigenvalue weighted by Crippen LogP contribution is 2.18. The van der Waals surface area contributed by atoms with Gasteiger partial charge in [-0.25, -0.2) is 18.0 Å². The van der Waals surface area contributed by atoms with Gasteiger partial charge < -0.3 is 14.8 Å². The van der Waals surface area contributed by atoms with Gasteiger partial charge in [-0.05, 0) is 31.2 Å². The molecule has 2 aromatic carbocycles. The van der Waals surface area contributed by atoms with Crippen molar-refractivity contribution in [2.45, 2.75) is 13.0 Å². The van der Waals surface area contributed by atoms with Crippen molar-refractivity contribution in [2.75, 3.05) is 12.4 Å². The molecule has 0 aliphatic rings. The number of esters is 1. The predicted molar refractivity (Wildman–Crippen MR) is 82.8 cm³/mol. The van der Waals surface area contributed by atoms with Crippen LogP contribution in [0.3, 0.4) is 0 Å². The van der Waals surface area contributed by atoms with Crippen LogP contribution in [0.4, 0.5) is 18.9 Å². The summed E-state index contributed by atoms with van der Waals surface area (Å²) >= 11 is 0. The van der Waals surface area contributed by atoms with Crippen molar-refractivity contribution in [1.82, 2.24) is 0 Å². The van der Waals surface area contributed by atoms with Crippen molar-refractivity contribution in [1.29, 1.82) is 0 Å². The molecule has 1 amide bonds. The lowest BCUT2D eigenvalue weighted by Gasteiger charge is -2.14. The number of anilines is 1. The van der Waals surface area contributed by atoms with E-state index in [0.717, 1.165) is 24.3 Å². The monoisotopic (exact) mass is 353 g/mol. The van der Waals surface area contributed by atoms with E-state index in [1.807, 2.05) is 0 Å². The standard InChI is InChI=1S/C17H14F3NO4/c1-9(16(22)21-15-6-3-10(18)7-14(15)20)25-17(23)12-5-4-11(24-2)8-13(12)19/h3-9H,1-2H3,(H,21,22)/t9-/m1/s1. The second kappa shape index (κ2) is 7.69. The summed E-state index contributed by atoms with van der Waals surface area (Å²) in [5.41, 5.74) is -0.654. The maximum absolute atomic E-state index is 13.8. The molecule has 1 N–H and O–H groups in total. The van der Waals surface area contributed by atoms with Crippen LogP contribution in [0.15, 0.2) is 36.4 Å². The van der Waals surface area contributed by atoms with E-state index in [1.54, 1.807) is 0 Å². The minimum atomic E-state index is -1.33. The Morgan fingerprint density at radius 1 is 1.04 bits per heavy atom. The Kier molecular flexibility index (Phi) is 5.63. The second-order valence-electron chi connectivity index (χ2n) is 5.01. The van der Waals surface area contributed by atoms with Gasteiger partial charge in [0.15, 0.2) is 6.10 Å². The smallest absolute Gasteiger partial charge is 0.341 e. The summed E-state index contributed by atoms with van der Waals surface area (Å²) in [6.07, 6.45) is -1.33. The van der Waals surface area contributed by atoms with Crippen molar-refractivity contribution in [2.24, 2.45) is 0 Å². The summed E-state index contributed by atoms with van der Waals surface area (Å²) < 4.78 is 49.8. The van der Waals surface area contributed by atoms with Gasteiger partial charge in [0.2, 0.25) is 0 Å². The summed E-state index contributed by atoms with van der Waals surface area (Å²) in [6, 6.07) is 6.09. The third kappa shape index (κ3) is 4.50. The lowest BCUT2D eigenvalue weighted by molar-refractivity contribution is -0.123. The first-order chi connectivity index (χ1) is 11.8. The molecule has 0 aliphatic heterocycles. The molecule has 0 fully saturated rings. The van der Waals surface area contributed by atoms with Gasteiger partial charge in [-0.2, -0.15) is 0 Å². The van der Waals surface area contributed by atoms with Crippen LogP contribution in [0.1, 0.15) is 17.3 Å². The predicted octanol–water partition coefficient (Wildman–Crippen LogP) is 3.30. The number of methoxy groups -OCH3 is 1. The van der Waals surface area contributed by atoms with E-state index >= 15 is 0 Å². The molecule has 0 spiro atoms. The van der Waals surface area contributed by atoms with E-state index < -0.39 is 35.4 Å². The first-order valence-electron chi connectivity index (χ1n) is 7.12. The quantitative estimate of drug-likeness (QED) is 0.838. The normalized spacial score (nSPS) is 11.6. The number of nitrogens with one attached hydrogen (secondary N) is 1. The molecule has 2 rings (SSSR count). The molecule has 2 aromatic rings. The largest absolute Gasteiger partial charge is 0.497 e. The highest BCUT2D eigenvalue weighted by Gasteiger charge is 2.22. The van der Waals surface area contributed by atoms with E-state index in [0.29, 0.717) is 6.07 Å². The van der Waals surface area contributed by atoms with Crippen LogP contribution in [0.5, 0.6) is 5.75 Å². The molecule has 0 saturated carbocycles. The highest BCUT2D eigenvalue weighted by atomic mass is 19.1.